The highest BCUT2D eigenvalue weighted by atomic mass is 16.4. The van der Waals surface area contributed by atoms with Crippen LogP contribution in [0.1, 0.15) is 18.1 Å². The Morgan fingerprint density at radius 3 is 2.37 bits per heavy atom. The minimum absolute atomic E-state index is 0.751. The van der Waals surface area contributed by atoms with E-state index < -0.39 is 5.97 Å². The summed E-state index contributed by atoms with van der Waals surface area (Å²) in [6, 6.07) is 16.2. The number of aryl methyl sites for hydroxylation is 1. The van der Waals surface area contributed by atoms with E-state index >= 15 is 0 Å². The van der Waals surface area contributed by atoms with E-state index in [4.69, 9.17) is 5.11 Å². The first kappa shape index (κ1) is 13.1. The van der Waals surface area contributed by atoms with E-state index in [1.54, 1.807) is 0 Å². The van der Waals surface area contributed by atoms with Crippen LogP contribution in [0, 0.1) is 6.92 Å². The zero-order valence-electron chi connectivity index (χ0n) is 11.1. The van der Waals surface area contributed by atoms with Crippen molar-refractivity contribution in [2.45, 2.75) is 13.8 Å². The molecule has 0 heterocycles. The molecule has 2 heteroatoms. The van der Waals surface area contributed by atoms with Crippen LogP contribution < -0.4 is 0 Å². The molecule has 96 valence electrons. The third-order valence-corrected chi connectivity index (χ3v) is 3.04. The van der Waals surface area contributed by atoms with Gasteiger partial charge < -0.3 is 5.11 Å². The molecule has 0 saturated carbocycles. The second-order valence-electron chi connectivity index (χ2n) is 4.61. The van der Waals surface area contributed by atoms with Gasteiger partial charge >= 0.3 is 5.97 Å². The molecule has 0 spiro atoms. The smallest absolute Gasteiger partial charge is 0.328 e. The van der Waals surface area contributed by atoms with Crippen molar-refractivity contribution >= 4 is 11.5 Å². The zero-order chi connectivity index (χ0) is 13.8. The number of carboxylic acids is 1. The van der Waals surface area contributed by atoms with E-state index in [1.807, 2.05) is 31.2 Å². The van der Waals surface area contributed by atoms with Gasteiger partial charge in [0.15, 0.2) is 0 Å². The molecular weight excluding hydrogens is 236 g/mol. The number of rotatable bonds is 3. The monoisotopic (exact) mass is 252 g/mol. The van der Waals surface area contributed by atoms with Crippen molar-refractivity contribution < 1.29 is 9.90 Å². The van der Waals surface area contributed by atoms with Crippen LogP contribution in [0.15, 0.2) is 54.6 Å². The van der Waals surface area contributed by atoms with Gasteiger partial charge in [-0.2, -0.15) is 0 Å². The maximum Gasteiger partial charge on any atom is 0.328 e. The average Bonchev–Trinajstić information content (AvgIpc) is 2.39. The number of aliphatic carboxylic acids is 1. The normalized spacial score (nSPS) is 11.4. The van der Waals surface area contributed by atoms with Crippen LogP contribution in [0.4, 0.5) is 0 Å². The molecule has 0 aliphatic rings. The van der Waals surface area contributed by atoms with Crippen molar-refractivity contribution in [3.05, 3.63) is 65.7 Å². The number of allylic oxidation sites excluding steroid dienone is 1. The van der Waals surface area contributed by atoms with Crippen molar-refractivity contribution in [3.8, 4) is 11.1 Å². The van der Waals surface area contributed by atoms with Crippen LogP contribution in [-0.2, 0) is 4.79 Å². The molecule has 2 aromatic carbocycles. The van der Waals surface area contributed by atoms with Crippen LogP contribution >= 0.6 is 0 Å². The maximum atomic E-state index is 10.7. The van der Waals surface area contributed by atoms with Crippen LogP contribution in [0.3, 0.4) is 0 Å². The Kier molecular flexibility index (Phi) is 3.81. The first-order chi connectivity index (χ1) is 9.06. The minimum atomic E-state index is -0.918. The molecule has 19 heavy (non-hydrogen) atoms. The van der Waals surface area contributed by atoms with Gasteiger partial charge in [-0.25, -0.2) is 4.79 Å². The van der Waals surface area contributed by atoms with Gasteiger partial charge in [0.05, 0.1) is 0 Å². The number of carbonyl (C=O) groups is 1. The van der Waals surface area contributed by atoms with Crippen LogP contribution in [0.5, 0.6) is 0 Å². The van der Waals surface area contributed by atoms with E-state index in [0.717, 1.165) is 22.3 Å². The molecule has 1 N–H and O–H groups in total. The summed E-state index contributed by atoms with van der Waals surface area (Å²) in [6.07, 6.45) is 1.23. The quantitative estimate of drug-likeness (QED) is 0.833. The Morgan fingerprint density at radius 2 is 1.74 bits per heavy atom. The minimum Gasteiger partial charge on any atom is -0.478 e. The Balaban J connectivity index is 2.39. The molecule has 2 rings (SSSR count). The molecule has 0 unspecified atom stereocenters. The third-order valence-electron chi connectivity index (χ3n) is 3.04. The lowest BCUT2D eigenvalue weighted by molar-refractivity contribution is -0.131. The molecule has 0 amide bonds. The van der Waals surface area contributed by atoms with Crippen LogP contribution in [0.25, 0.3) is 16.7 Å². The summed E-state index contributed by atoms with van der Waals surface area (Å²) in [7, 11) is 0. The Bertz CT molecular complexity index is 622. The fraction of sp³-hybridized carbons (Fsp3) is 0.118. The predicted octanol–water partition coefficient (Wildman–Crippen LogP) is 4.15. The lowest BCUT2D eigenvalue weighted by atomic mass is 9.99. The summed E-state index contributed by atoms with van der Waals surface area (Å²) in [5.74, 6) is -0.918. The molecule has 0 saturated heterocycles. The summed E-state index contributed by atoms with van der Waals surface area (Å²) in [5, 5.41) is 8.79. The van der Waals surface area contributed by atoms with E-state index in [2.05, 4.69) is 31.2 Å². The second kappa shape index (κ2) is 5.53. The fourth-order valence-electron chi connectivity index (χ4n) is 1.96. The van der Waals surface area contributed by atoms with E-state index in [-0.39, 0.29) is 0 Å². The van der Waals surface area contributed by atoms with E-state index in [0.29, 0.717) is 0 Å². The lowest BCUT2D eigenvalue weighted by Crippen LogP contribution is -1.90. The second-order valence-corrected chi connectivity index (χ2v) is 4.61. The van der Waals surface area contributed by atoms with Crippen LogP contribution in [-0.4, -0.2) is 11.1 Å². The summed E-state index contributed by atoms with van der Waals surface area (Å²) in [6.45, 7) is 3.86. The lowest BCUT2D eigenvalue weighted by Gasteiger charge is -2.06. The van der Waals surface area contributed by atoms with Gasteiger partial charge in [0.1, 0.15) is 0 Å². The molecule has 0 atom stereocenters. The SMILES string of the molecule is C/C(=C\C(=O)O)c1cccc(-c2ccc(C)cc2)c1. The summed E-state index contributed by atoms with van der Waals surface area (Å²) < 4.78 is 0. The predicted molar refractivity (Wildman–Crippen MR) is 77.9 cm³/mol. The van der Waals surface area contributed by atoms with E-state index in [9.17, 15) is 4.79 Å². The van der Waals surface area contributed by atoms with Gasteiger partial charge in [0, 0.05) is 6.08 Å². The molecule has 0 bridgehead atoms. The largest absolute Gasteiger partial charge is 0.478 e. The Hall–Kier alpha value is -2.35. The number of benzene rings is 2. The van der Waals surface area contributed by atoms with Crippen molar-refractivity contribution in [2.24, 2.45) is 0 Å². The molecule has 0 aliphatic carbocycles. The van der Waals surface area contributed by atoms with Crippen molar-refractivity contribution in [1.82, 2.24) is 0 Å². The van der Waals surface area contributed by atoms with Crippen LogP contribution in [0.2, 0.25) is 0 Å². The highest BCUT2D eigenvalue weighted by Crippen LogP contribution is 2.24. The van der Waals surface area contributed by atoms with Crippen molar-refractivity contribution in [2.75, 3.05) is 0 Å². The summed E-state index contributed by atoms with van der Waals surface area (Å²) in [5.41, 5.74) is 5.13. The Morgan fingerprint density at radius 1 is 1.05 bits per heavy atom. The Labute approximate surface area is 113 Å². The zero-order valence-corrected chi connectivity index (χ0v) is 11.1. The fourth-order valence-corrected chi connectivity index (χ4v) is 1.96. The summed E-state index contributed by atoms with van der Waals surface area (Å²) in [4.78, 5) is 10.7. The molecule has 0 radical (unpaired) electrons. The first-order valence-electron chi connectivity index (χ1n) is 6.15. The van der Waals surface area contributed by atoms with Gasteiger partial charge in [-0.3, -0.25) is 0 Å². The van der Waals surface area contributed by atoms with Gasteiger partial charge in [-0.15, -0.1) is 0 Å². The topological polar surface area (TPSA) is 37.3 Å². The third kappa shape index (κ3) is 3.32. The van der Waals surface area contributed by atoms with Crippen molar-refractivity contribution in [1.29, 1.82) is 0 Å². The van der Waals surface area contributed by atoms with Gasteiger partial charge in [0.2, 0.25) is 0 Å². The van der Waals surface area contributed by atoms with Crippen molar-refractivity contribution in [3.63, 3.8) is 0 Å². The number of hydrogen-bond acceptors (Lipinski definition) is 1. The number of carboxylic acid groups (broad SMARTS) is 1. The molecular formula is C17H16O2. The van der Waals surface area contributed by atoms with Gasteiger partial charge in [0.25, 0.3) is 0 Å². The molecule has 0 aliphatic heterocycles. The van der Waals surface area contributed by atoms with E-state index in [1.165, 1.54) is 11.6 Å². The first-order valence-corrected chi connectivity index (χ1v) is 6.15. The maximum absolute atomic E-state index is 10.7. The number of hydrogen-bond donors (Lipinski definition) is 1. The molecule has 0 fully saturated rings. The highest BCUT2D eigenvalue weighted by Gasteiger charge is 2.02. The van der Waals surface area contributed by atoms with Gasteiger partial charge in [-0.1, -0.05) is 48.0 Å². The standard InChI is InChI=1S/C17H16O2/c1-12-6-8-14(9-7-12)16-5-3-4-15(11-16)13(2)10-17(18)19/h3-11H,1-2H3,(H,18,19)/b13-10+. The molecule has 2 nitrogen and oxygen atoms in total. The summed E-state index contributed by atoms with van der Waals surface area (Å²) >= 11 is 0. The van der Waals surface area contributed by atoms with Gasteiger partial charge in [-0.05, 0) is 42.2 Å². The molecule has 2 aromatic rings. The average molecular weight is 252 g/mol. The highest BCUT2D eigenvalue weighted by molar-refractivity contribution is 5.90. The molecule has 0 aromatic heterocycles.